The lowest BCUT2D eigenvalue weighted by atomic mass is 10.3. The second-order valence-electron chi connectivity index (χ2n) is 6.19. The third-order valence-corrected chi connectivity index (χ3v) is 4.19. The maximum Gasteiger partial charge on any atom is 0.315 e. The van der Waals surface area contributed by atoms with Gasteiger partial charge in [0.05, 0.1) is 17.6 Å². The summed E-state index contributed by atoms with van der Waals surface area (Å²) < 4.78 is 3.76. The fourth-order valence-electron chi connectivity index (χ4n) is 2.83. The molecule has 4 aromatic rings. The summed E-state index contributed by atoms with van der Waals surface area (Å²) >= 11 is 0. The Kier molecular flexibility index (Phi) is 4.82. The van der Waals surface area contributed by atoms with Crippen LogP contribution in [0.5, 0.6) is 0 Å². The van der Waals surface area contributed by atoms with Crippen LogP contribution < -0.4 is 10.6 Å². The van der Waals surface area contributed by atoms with E-state index in [1.807, 2.05) is 71.5 Å². The van der Waals surface area contributed by atoms with Crippen LogP contribution in [0.4, 0.5) is 4.79 Å². The smallest absolute Gasteiger partial charge is 0.315 e. The van der Waals surface area contributed by atoms with Gasteiger partial charge in [-0.3, -0.25) is 0 Å². The average molecular weight is 360 g/mol. The van der Waals surface area contributed by atoms with Crippen LogP contribution in [-0.4, -0.2) is 31.7 Å². The lowest BCUT2D eigenvalue weighted by Crippen LogP contribution is -2.36. The summed E-state index contributed by atoms with van der Waals surface area (Å²) in [7, 11) is 0. The molecule has 0 spiro atoms. The van der Waals surface area contributed by atoms with E-state index in [0.717, 1.165) is 22.6 Å². The Balaban J connectivity index is 1.23. The number of imidazole rings is 1. The van der Waals surface area contributed by atoms with Gasteiger partial charge in [-0.25, -0.2) is 14.5 Å². The van der Waals surface area contributed by atoms with E-state index in [0.29, 0.717) is 19.5 Å². The predicted molar refractivity (Wildman–Crippen MR) is 103 cm³/mol. The standard InChI is InChI=1S/C20H20N6O/c27-20(21-10-9-17-15-25-11-5-4-8-19(25)24-17)22-12-16-13-23-26(14-16)18-6-2-1-3-7-18/h1-8,11,13-15H,9-10,12H2,(H2,21,22,27). The van der Waals surface area contributed by atoms with Crippen LogP contribution in [0.15, 0.2) is 73.3 Å². The molecular weight excluding hydrogens is 340 g/mol. The van der Waals surface area contributed by atoms with Crippen molar-refractivity contribution >= 4 is 11.7 Å². The Morgan fingerprint density at radius 3 is 2.70 bits per heavy atom. The Labute approximate surface area is 156 Å². The maximum atomic E-state index is 12.0. The van der Waals surface area contributed by atoms with E-state index in [-0.39, 0.29) is 6.03 Å². The molecular formula is C20H20N6O. The van der Waals surface area contributed by atoms with Gasteiger partial charge < -0.3 is 15.0 Å². The van der Waals surface area contributed by atoms with Gasteiger partial charge in [-0.15, -0.1) is 0 Å². The number of carbonyl (C=O) groups is 1. The van der Waals surface area contributed by atoms with Gasteiger partial charge in [0, 0.05) is 43.7 Å². The number of pyridine rings is 1. The molecule has 0 saturated heterocycles. The van der Waals surface area contributed by atoms with E-state index in [1.165, 1.54) is 0 Å². The highest BCUT2D eigenvalue weighted by Crippen LogP contribution is 2.07. The maximum absolute atomic E-state index is 12.0. The normalized spacial score (nSPS) is 10.8. The van der Waals surface area contributed by atoms with Crippen molar-refractivity contribution in [3.8, 4) is 5.69 Å². The average Bonchev–Trinajstić information content (AvgIpc) is 3.34. The number of para-hydroxylation sites is 1. The molecule has 0 radical (unpaired) electrons. The Morgan fingerprint density at radius 2 is 1.85 bits per heavy atom. The zero-order valence-corrected chi connectivity index (χ0v) is 14.7. The molecule has 0 fully saturated rings. The van der Waals surface area contributed by atoms with Gasteiger partial charge in [0.25, 0.3) is 0 Å². The van der Waals surface area contributed by atoms with Crippen molar-refractivity contribution in [2.45, 2.75) is 13.0 Å². The fourth-order valence-corrected chi connectivity index (χ4v) is 2.83. The molecule has 0 aliphatic heterocycles. The summed E-state index contributed by atoms with van der Waals surface area (Å²) in [5.41, 5.74) is 3.79. The highest BCUT2D eigenvalue weighted by molar-refractivity contribution is 5.73. The van der Waals surface area contributed by atoms with Gasteiger partial charge in [-0.05, 0) is 24.3 Å². The van der Waals surface area contributed by atoms with Gasteiger partial charge in [0.2, 0.25) is 0 Å². The molecule has 1 aromatic carbocycles. The highest BCUT2D eigenvalue weighted by Gasteiger charge is 2.05. The monoisotopic (exact) mass is 360 g/mol. The topological polar surface area (TPSA) is 76.2 Å². The number of aromatic nitrogens is 4. The van der Waals surface area contributed by atoms with Gasteiger partial charge in [0.15, 0.2) is 0 Å². The second kappa shape index (κ2) is 7.74. The third-order valence-electron chi connectivity index (χ3n) is 4.19. The Bertz CT molecular complexity index is 1000. The number of nitrogens with zero attached hydrogens (tertiary/aromatic N) is 4. The zero-order valence-electron chi connectivity index (χ0n) is 14.7. The number of hydrogen-bond donors (Lipinski definition) is 2. The van der Waals surface area contributed by atoms with Crippen molar-refractivity contribution in [3.05, 3.63) is 84.6 Å². The molecule has 0 atom stereocenters. The predicted octanol–water partition coefficient (Wildman–Crippen LogP) is 2.56. The van der Waals surface area contributed by atoms with E-state index in [1.54, 1.807) is 10.9 Å². The molecule has 136 valence electrons. The van der Waals surface area contributed by atoms with Gasteiger partial charge in [0.1, 0.15) is 5.65 Å². The zero-order chi connectivity index (χ0) is 18.5. The minimum Gasteiger partial charge on any atom is -0.338 e. The first-order valence-electron chi connectivity index (χ1n) is 8.81. The van der Waals surface area contributed by atoms with Gasteiger partial charge >= 0.3 is 6.03 Å². The summed E-state index contributed by atoms with van der Waals surface area (Å²) in [5, 5.41) is 10.0. The number of rotatable bonds is 6. The van der Waals surface area contributed by atoms with Crippen molar-refractivity contribution in [3.63, 3.8) is 0 Å². The summed E-state index contributed by atoms with van der Waals surface area (Å²) in [6.45, 7) is 0.950. The number of carbonyl (C=O) groups excluding carboxylic acids is 1. The molecule has 0 saturated carbocycles. The van der Waals surface area contributed by atoms with Gasteiger partial charge in [-0.2, -0.15) is 5.10 Å². The van der Waals surface area contributed by atoms with Crippen molar-refractivity contribution in [2.24, 2.45) is 0 Å². The van der Waals surface area contributed by atoms with Crippen LogP contribution >= 0.6 is 0 Å². The first kappa shape index (κ1) is 16.8. The Morgan fingerprint density at radius 1 is 1.00 bits per heavy atom. The molecule has 3 heterocycles. The first-order valence-corrected chi connectivity index (χ1v) is 8.81. The number of urea groups is 1. The van der Waals surface area contributed by atoms with Crippen LogP contribution in [-0.2, 0) is 13.0 Å². The second-order valence-corrected chi connectivity index (χ2v) is 6.19. The van der Waals surface area contributed by atoms with Crippen LogP contribution in [0.3, 0.4) is 0 Å². The minimum absolute atomic E-state index is 0.203. The van der Waals surface area contributed by atoms with Crippen molar-refractivity contribution in [1.82, 2.24) is 29.8 Å². The number of hydrogen-bond acceptors (Lipinski definition) is 3. The quantitative estimate of drug-likeness (QED) is 0.555. The summed E-state index contributed by atoms with van der Waals surface area (Å²) in [6, 6.07) is 15.5. The molecule has 27 heavy (non-hydrogen) atoms. The number of nitrogens with one attached hydrogen (secondary N) is 2. The Hall–Kier alpha value is -3.61. The third kappa shape index (κ3) is 4.14. The van der Waals surface area contributed by atoms with Crippen molar-refractivity contribution in [1.29, 1.82) is 0 Å². The molecule has 0 aliphatic rings. The van der Waals surface area contributed by atoms with E-state index < -0.39 is 0 Å². The molecule has 0 aliphatic carbocycles. The molecule has 3 aromatic heterocycles. The molecule has 2 amide bonds. The van der Waals surface area contributed by atoms with E-state index in [9.17, 15) is 4.79 Å². The fraction of sp³-hybridized carbons (Fsp3) is 0.150. The number of amides is 2. The van der Waals surface area contributed by atoms with Gasteiger partial charge in [-0.1, -0.05) is 24.3 Å². The van der Waals surface area contributed by atoms with Crippen LogP contribution in [0.1, 0.15) is 11.3 Å². The summed E-state index contributed by atoms with van der Waals surface area (Å²) in [4.78, 5) is 16.5. The highest BCUT2D eigenvalue weighted by atomic mass is 16.2. The summed E-state index contributed by atoms with van der Waals surface area (Å²) in [6.07, 6.45) is 8.28. The largest absolute Gasteiger partial charge is 0.338 e. The minimum atomic E-state index is -0.203. The molecule has 0 unspecified atom stereocenters. The molecule has 0 bridgehead atoms. The molecule has 7 heteroatoms. The van der Waals surface area contributed by atoms with Crippen LogP contribution in [0, 0.1) is 0 Å². The lowest BCUT2D eigenvalue weighted by molar-refractivity contribution is 0.240. The van der Waals surface area contributed by atoms with Crippen LogP contribution in [0.2, 0.25) is 0 Å². The molecule has 7 nitrogen and oxygen atoms in total. The van der Waals surface area contributed by atoms with E-state index in [4.69, 9.17) is 0 Å². The SMILES string of the molecule is O=C(NCCc1cn2ccccc2n1)NCc1cnn(-c2ccccc2)c1. The molecule has 4 rings (SSSR count). The van der Waals surface area contributed by atoms with E-state index >= 15 is 0 Å². The molecule has 2 N–H and O–H groups in total. The van der Waals surface area contributed by atoms with Crippen molar-refractivity contribution in [2.75, 3.05) is 6.54 Å². The number of benzene rings is 1. The summed E-state index contributed by atoms with van der Waals surface area (Å²) in [5.74, 6) is 0. The first-order chi connectivity index (χ1) is 13.3. The van der Waals surface area contributed by atoms with Crippen molar-refractivity contribution < 1.29 is 4.79 Å². The van der Waals surface area contributed by atoms with E-state index in [2.05, 4.69) is 20.7 Å². The lowest BCUT2D eigenvalue weighted by Gasteiger charge is -2.05. The number of fused-ring (bicyclic) bond motifs is 1. The van der Waals surface area contributed by atoms with Crippen LogP contribution in [0.25, 0.3) is 11.3 Å².